The quantitative estimate of drug-likeness (QED) is 0.500. The van der Waals surface area contributed by atoms with Crippen molar-refractivity contribution in [3.8, 4) is 11.1 Å². The number of amides is 1. The average Bonchev–Trinajstić information content (AvgIpc) is 2.84. The molecule has 1 aliphatic rings. The van der Waals surface area contributed by atoms with Gasteiger partial charge in [0.15, 0.2) is 0 Å². The summed E-state index contributed by atoms with van der Waals surface area (Å²) >= 11 is 0. The fraction of sp³-hybridized carbons (Fsp3) is 0.346. The van der Waals surface area contributed by atoms with Crippen LogP contribution in [-0.4, -0.2) is 52.6 Å². The lowest BCUT2D eigenvalue weighted by atomic mass is 10.0. The maximum absolute atomic E-state index is 15.5. The topological polar surface area (TPSA) is 90.4 Å². The van der Waals surface area contributed by atoms with Crippen molar-refractivity contribution in [1.82, 2.24) is 14.5 Å². The molecule has 1 amide bonds. The third kappa shape index (κ3) is 5.35. The minimum Gasteiger partial charge on any atom is -0.367 e. The third-order valence-electron chi connectivity index (χ3n) is 6.92. The number of piperazine rings is 1. The van der Waals surface area contributed by atoms with Crippen molar-refractivity contribution in [2.45, 2.75) is 32.1 Å². The van der Waals surface area contributed by atoms with Gasteiger partial charge < -0.3 is 19.8 Å². The van der Waals surface area contributed by atoms with Crippen LogP contribution in [0.1, 0.15) is 29.8 Å². The molecule has 0 unspecified atom stereocenters. The van der Waals surface area contributed by atoms with Crippen molar-refractivity contribution in [3.05, 3.63) is 80.4 Å². The number of nitrogens with one attached hydrogen (secondary N) is 2. The number of hydrogen-bond donors (Lipinski definition) is 2. The number of H-pyrrole nitrogens is 1. The van der Waals surface area contributed by atoms with E-state index in [1.54, 1.807) is 0 Å². The van der Waals surface area contributed by atoms with Gasteiger partial charge in [0.25, 0.3) is 11.5 Å². The molecule has 1 fully saturated rings. The van der Waals surface area contributed by atoms with Crippen LogP contribution in [0.25, 0.3) is 11.1 Å². The van der Waals surface area contributed by atoms with Crippen molar-refractivity contribution in [2.75, 3.05) is 30.4 Å². The minimum absolute atomic E-state index is 0.00510. The molecule has 1 saturated heterocycles. The number of anilines is 2. The van der Waals surface area contributed by atoms with Crippen molar-refractivity contribution >= 4 is 17.3 Å². The summed E-state index contributed by atoms with van der Waals surface area (Å²) in [5, 5.41) is 2.49. The van der Waals surface area contributed by atoms with E-state index in [9.17, 15) is 27.6 Å². The third-order valence-corrected chi connectivity index (χ3v) is 6.92. The van der Waals surface area contributed by atoms with Crippen molar-refractivity contribution in [2.24, 2.45) is 7.05 Å². The summed E-state index contributed by atoms with van der Waals surface area (Å²) in [6, 6.07) is 5.73. The Balaban J connectivity index is 1.84. The fourth-order valence-corrected chi connectivity index (χ4v) is 4.55. The summed E-state index contributed by atoms with van der Waals surface area (Å²) in [7, 11) is 3.50. The highest BCUT2D eigenvalue weighted by Crippen LogP contribution is 2.37. The molecule has 202 valence electrons. The Morgan fingerprint density at radius 3 is 2.32 bits per heavy atom. The molecule has 0 radical (unpaired) electrons. The molecule has 12 heteroatoms. The van der Waals surface area contributed by atoms with Gasteiger partial charge in [-0.2, -0.15) is 13.2 Å². The molecule has 2 N–H and O–H groups in total. The summed E-state index contributed by atoms with van der Waals surface area (Å²) in [6.45, 7) is 4.92. The standard InChI is InChI=1S/C26H27F4N5O3/c1-14-12-35(13-15(2)34(14)4)22-10-20(27)17(16-5-6-33(3)24(37)7-16)8-21(22)32-25(38)18-11-31-23(36)9-19(18)26(28,29)30/h5-11,14-15H,12-13H2,1-4H3,(H,31,36)(H,32,38)/t14-,15+. The molecule has 3 heterocycles. The zero-order valence-corrected chi connectivity index (χ0v) is 21.2. The van der Waals surface area contributed by atoms with E-state index in [2.05, 4.69) is 15.2 Å². The SMILES string of the molecule is C[C@@H]1CN(c2cc(F)c(-c3ccn(C)c(=O)c3)cc2NC(=O)c2c[nH]c(=O)cc2C(F)(F)F)C[C@H](C)N1C. The number of aromatic nitrogens is 2. The Morgan fingerprint density at radius 2 is 1.71 bits per heavy atom. The van der Waals surface area contributed by atoms with Gasteiger partial charge in [-0.1, -0.05) is 0 Å². The normalized spacial score (nSPS) is 18.5. The van der Waals surface area contributed by atoms with E-state index in [4.69, 9.17) is 0 Å². The van der Waals surface area contributed by atoms with Crippen LogP contribution in [0.5, 0.6) is 0 Å². The lowest BCUT2D eigenvalue weighted by Crippen LogP contribution is -2.55. The zero-order valence-electron chi connectivity index (χ0n) is 21.2. The molecular formula is C26H27F4N5O3. The molecule has 1 aliphatic heterocycles. The second-order valence-electron chi connectivity index (χ2n) is 9.56. The van der Waals surface area contributed by atoms with Crippen LogP contribution in [0.4, 0.5) is 28.9 Å². The second-order valence-corrected chi connectivity index (χ2v) is 9.56. The van der Waals surface area contributed by atoms with Crippen LogP contribution < -0.4 is 21.3 Å². The first kappa shape index (κ1) is 27.1. The fourth-order valence-electron chi connectivity index (χ4n) is 4.55. The van der Waals surface area contributed by atoms with Crippen molar-refractivity contribution < 1.29 is 22.4 Å². The van der Waals surface area contributed by atoms with Gasteiger partial charge >= 0.3 is 6.18 Å². The van der Waals surface area contributed by atoms with E-state index < -0.39 is 34.6 Å². The molecule has 1 aromatic carbocycles. The molecule has 2 atom stereocenters. The van der Waals surface area contributed by atoms with E-state index in [0.29, 0.717) is 25.4 Å². The number of aromatic amines is 1. The van der Waals surface area contributed by atoms with Gasteiger partial charge in [0.1, 0.15) is 5.82 Å². The van der Waals surface area contributed by atoms with Crippen LogP contribution in [0.15, 0.2) is 52.3 Å². The van der Waals surface area contributed by atoms with E-state index in [-0.39, 0.29) is 40.1 Å². The molecule has 2 aromatic heterocycles. The highest BCUT2D eigenvalue weighted by molar-refractivity contribution is 6.07. The zero-order chi connectivity index (χ0) is 27.9. The first-order valence-corrected chi connectivity index (χ1v) is 11.8. The number of hydrogen-bond acceptors (Lipinski definition) is 5. The molecule has 3 aromatic rings. The van der Waals surface area contributed by atoms with Crippen LogP contribution in [0, 0.1) is 5.82 Å². The summed E-state index contributed by atoms with van der Waals surface area (Å²) < 4.78 is 57.6. The van der Waals surface area contributed by atoms with Gasteiger partial charge in [-0.25, -0.2) is 4.39 Å². The maximum Gasteiger partial charge on any atom is 0.417 e. The van der Waals surface area contributed by atoms with E-state index in [1.807, 2.05) is 25.8 Å². The van der Waals surface area contributed by atoms with Crippen LogP contribution in [0.3, 0.4) is 0 Å². The van der Waals surface area contributed by atoms with Crippen LogP contribution in [-0.2, 0) is 13.2 Å². The Bertz CT molecular complexity index is 1490. The predicted molar refractivity (Wildman–Crippen MR) is 136 cm³/mol. The number of benzene rings is 1. The van der Waals surface area contributed by atoms with Gasteiger partial charge in [0.2, 0.25) is 5.56 Å². The molecule has 0 saturated carbocycles. The second kappa shape index (κ2) is 10.1. The van der Waals surface area contributed by atoms with Crippen LogP contribution >= 0.6 is 0 Å². The summed E-state index contributed by atoms with van der Waals surface area (Å²) in [6.07, 6.45) is -2.79. The number of aryl methyl sites for hydroxylation is 1. The molecule has 0 spiro atoms. The Labute approximate surface area is 215 Å². The lowest BCUT2D eigenvalue weighted by Gasteiger charge is -2.44. The van der Waals surface area contributed by atoms with Gasteiger partial charge in [-0.3, -0.25) is 19.3 Å². The molecule has 38 heavy (non-hydrogen) atoms. The van der Waals surface area contributed by atoms with E-state index in [1.165, 1.54) is 42.1 Å². The highest BCUT2D eigenvalue weighted by Gasteiger charge is 2.36. The van der Waals surface area contributed by atoms with E-state index in [0.717, 1.165) is 0 Å². The number of pyridine rings is 2. The number of halogens is 4. The molecular weight excluding hydrogens is 506 g/mol. The number of likely N-dealkylation sites (N-methyl/N-ethyl adjacent to an activating group) is 1. The number of carbonyl (C=O) groups excluding carboxylic acids is 1. The number of nitrogens with zero attached hydrogens (tertiary/aromatic N) is 3. The molecule has 4 rings (SSSR count). The Morgan fingerprint density at radius 1 is 1.05 bits per heavy atom. The molecule has 0 aliphatic carbocycles. The predicted octanol–water partition coefficient (Wildman–Crippen LogP) is 3.68. The Kier molecular flexibility index (Phi) is 7.20. The first-order valence-electron chi connectivity index (χ1n) is 11.8. The molecule has 8 nitrogen and oxygen atoms in total. The van der Waals surface area contributed by atoms with E-state index >= 15 is 4.39 Å². The van der Waals surface area contributed by atoms with Gasteiger partial charge in [0.05, 0.1) is 22.5 Å². The summed E-state index contributed by atoms with van der Waals surface area (Å²) in [5.41, 5.74) is -2.99. The molecule has 0 bridgehead atoms. The first-order chi connectivity index (χ1) is 17.8. The average molecular weight is 534 g/mol. The summed E-state index contributed by atoms with van der Waals surface area (Å²) in [5.74, 6) is -1.79. The van der Waals surface area contributed by atoms with Crippen LogP contribution in [0.2, 0.25) is 0 Å². The van der Waals surface area contributed by atoms with Gasteiger partial charge in [0, 0.05) is 62.3 Å². The summed E-state index contributed by atoms with van der Waals surface area (Å²) in [4.78, 5) is 43.0. The van der Waals surface area contributed by atoms with Crippen molar-refractivity contribution in [3.63, 3.8) is 0 Å². The maximum atomic E-state index is 15.5. The lowest BCUT2D eigenvalue weighted by molar-refractivity contribution is -0.138. The minimum atomic E-state index is -4.95. The largest absolute Gasteiger partial charge is 0.417 e. The smallest absolute Gasteiger partial charge is 0.367 e. The monoisotopic (exact) mass is 533 g/mol. The number of alkyl halides is 3. The van der Waals surface area contributed by atoms with Gasteiger partial charge in [-0.05, 0) is 44.7 Å². The van der Waals surface area contributed by atoms with Gasteiger partial charge in [-0.15, -0.1) is 0 Å². The number of rotatable bonds is 4. The Hall–Kier alpha value is -3.93. The van der Waals surface area contributed by atoms with Crippen molar-refractivity contribution in [1.29, 1.82) is 0 Å². The highest BCUT2D eigenvalue weighted by atomic mass is 19.4. The number of carbonyl (C=O) groups is 1.